The quantitative estimate of drug-likeness (QED) is 0.343. The van der Waals surface area contributed by atoms with Gasteiger partial charge in [-0.2, -0.15) is 0 Å². The minimum absolute atomic E-state index is 0.0392. The Kier molecular flexibility index (Phi) is 8.21. The van der Waals surface area contributed by atoms with Crippen LogP contribution in [0.3, 0.4) is 0 Å². The first-order valence-corrected chi connectivity index (χ1v) is 12.0. The molecule has 11 heteroatoms. The van der Waals surface area contributed by atoms with E-state index in [9.17, 15) is 9.18 Å². The van der Waals surface area contributed by atoms with Crippen LogP contribution in [0.1, 0.15) is 5.82 Å². The zero-order valence-corrected chi connectivity index (χ0v) is 19.5. The molecule has 1 fully saturated rings. The molecule has 4 rings (SSSR count). The first-order chi connectivity index (χ1) is 16.6. The molecule has 3 aromatic rings. The van der Waals surface area contributed by atoms with E-state index in [0.717, 1.165) is 25.4 Å². The standard InChI is InChI=1S/C23H27FN6O3S/c24-18-6-8-20(9-7-18)33-16-21-26-27-23(30(21)25)34-17-22(31)29-12-10-28(11-13-29)14-15-32-19-4-2-1-3-5-19/h1-9H,10-17,25H2. The summed E-state index contributed by atoms with van der Waals surface area (Å²) in [5.74, 6) is 7.75. The van der Waals surface area contributed by atoms with Crippen molar-refractivity contribution in [1.29, 1.82) is 0 Å². The molecule has 1 aromatic heterocycles. The Morgan fingerprint density at radius 2 is 1.68 bits per heavy atom. The fourth-order valence-corrected chi connectivity index (χ4v) is 4.21. The molecule has 0 atom stereocenters. The van der Waals surface area contributed by atoms with Crippen molar-refractivity contribution in [1.82, 2.24) is 24.7 Å². The summed E-state index contributed by atoms with van der Waals surface area (Å²) >= 11 is 1.24. The van der Waals surface area contributed by atoms with Crippen LogP contribution in [-0.4, -0.2) is 75.7 Å². The first kappa shape index (κ1) is 23.8. The Hall–Kier alpha value is -3.31. The van der Waals surface area contributed by atoms with Gasteiger partial charge in [-0.1, -0.05) is 30.0 Å². The summed E-state index contributed by atoms with van der Waals surface area (Å²) in [6, 6.07) is 15.4. The molecule has 1 aliphatic heterocycles. The van der Waals surface area contributed by atoms with Crippen LogP contribution in [0.2, 0.25) is 0 Å². The van der Waals surface area contributed by atoms with Crippen LogP contribution in [0, 0.1) is 5.82 Å². The third-order valence-electron chi connectivity index (χ3n) is 5.39. The summed E-state index contributed by atoms with van der Waals surface area (Å²) < 4.78 is 25.6. The fourth-order valence-electron chi connectivity index (χ4n) is 3.43. The highest BCUT2D eigenvalue weighted by Gasteiger charge is 2.22. The van der Waals surface area contributed by atoms with Crippen LogP contribution in [0.25, 0.3) is 0 Å². The van der Waals surface area contributed by atoms with E-state index in [0.29, 0.717) is 36.4 Å². The number of carbonyl (C=O) groups excluding carboxylic acids is 1. The molecule has 2 N–H and O–H groups in total. The number of thioether (sulfide) groups is 1. The van der Waals surface area contributed by atoms with Crippen LogP contribution >= 0.6 is 11.8 Å². The summed E-state index contributed by atoms with van der Waals surface area (Å²) in [5, 5.41) is 8.50. The van der Waals surface area contributed by atoms with E-state index in [4.69, 9.17) is 15.3 Å². The SMILES string of the molecule is Nn1c(COc2ccc(F)cc2)nnc1SCC(=O)N1CCN(CCOc2ccccc2)CC1. The van der Waals surface area contributed by atoms with E-state index >= 15 is 0 Å². The highest BCUT2D eigenvalue weighted by atomic mass is 32.2. The molecule has 0 bridgehead atoms. The molecule has 0 radical (unpaired) electrons. The average molecular weight is 487 g/mol. The van der Waals surface area contributed by atoms with Crippen molar-refractivity contribution in [2.45, 2.75) is 11.8 Å². The number of piperazine rings is 1. The Balaban J connectivity index is 1.16. The van der Waals surface area contributed by atoms with Gasteiger partial charge in [0.05, 0.1) is 5.75 Å². The Morgan fingerprint density at radius 3 is 2.41 bits per heavy atom. The molecule has 0 aliphatic carbocycles. The van der Waals surface area contributed by atoms with E-state index in [1.54, 1.807) is 0 Å². The molecular formula is C23H27FN6O3S. The van der Waals surface area contributed by atoms with Crippen LogP contribution in [0.15, 0.2) is 59.8 Å². The van der Waals surface area contributed by atoms with Gasteiger partial charge >= 0.3 is 0 Å². The number of nitrogens with zero attached hydrogens (tertiary/aromatic N) is 5. The lowest BCUT2D eigenvalue weighted by molar-refractivity contribution is -0.130. The minimum atomic E-state index is -0.337. The zero-order valence-electron chi connectivity index (χ0n) is 18.7. The third kappa shape index (κ3) is 6.61. The smallest absolute Gasteiger partial charge is 0.233 e. The number of nitrogen functional groups attached to an aromatic ring is 1. The minimum Gasteiger partial charge on any atom is -0.492 e. The number of amides is 1. The molecule has 180 valence electrons. The average Bonchev–Trinajstić information content (AvgIpc) is 3.22. The number of aromatic nitrogens is 3. The molecule has 1 amide bonds. The Labute approximate surface area is 201 Å². The maximum Gasteiger partial charge on any atom is 0.233 e. The van der Waals surface area contributed by atoms with Crippen LogP contribution < -0.4 is 15.3 Å². The molecule has 0 spiro atoms. The molecule has 2 aromatic carbocycles. The lowest BCUT2D eigenvalue weighted by Crippen LogP contribution is -2.50. The van der Waals surface area contributed by atoms with Crippen LogP contribution in [0.4, 0.5) is 4.39 Å². The lowest BCUT2D eigenvalue weighted by Gasteiger charge is -2.34. The maximum atomic E-state index is 13.0. The van der Waals surface area contributed by atoms with E-state index in [1.807, 2.05) is 35.2 Å². The molecule has 2 heterocycles. The van der Waals surface area contributed by atoms with Gasteiger partial charge in [0, 0.05) is 32.7 Å². The first-order valence-electron chi connectivity index (χ1n) is 11.0. The third-order valence-corrected chi connectivity index (χ3v) is 6.31. The molecular weight excluding hydrogens is 459 g/mol. The predicted molar refractivity (Wildman–Crippen MR) is 127 cm³/mol. The Bertz CT molecular complexity index is 1060. The van der Waals surface area contributed by atoms with Gasteiger partial charge in [0.25, 0.3) is 0 Å². The lowest BCUT2D eigenvalue weighted by atomic mass is 10.3. The van der Waals surface area contributed by atoms with Crippen molar-refractivity contribution in [2.24, 2.45) is 0 Å². The molecule has 34 heavy (non-hydrogen) atoms. The van der Waals surface area contributed by atoms with E-state index < -0.39 is 0 Å². The highest BCUT2D eigenvalue weighted by Crippen LogP contribution is 2.18. The van der Waals surface area contributed by atoms with E-state index in [2.05, 4.69) is 15.1 Å². The topological polar surface area (TPSA) is 98.7 Å². The van der Waals surface area contributed by atoms with Gasteiger partial charge < -0.3 is 20.2 Å². The summed E-state index contributed by atoms with van der Waals surface area (Å²) in [7, 11) is 0. The van der Waals surface area contributed by atoms with E-state index in [1.165, 1.54) is 40.7 Å². The normalized spacial score (nSPS) is 14.2. The largest absolute Gasteiger partial charge is 0.492 e. The monoisotopic (exact) mass is 486 g/mol. The summed E-state index contributed by atoms with van der Waals surface area (Å²) in [4.78, 5) is 16.8. The van der Waals surface area contributed by atoms with Gasteiger partial charge in [0.2, 0.25) is 11.1 Å². The number of hydrogen-bond acceptors (Lipinski definition) is 8. The fraction of sp³-hybridized carbons (Fsp3) is 0.348. The number of rotatable bonds is 10. The number of para-hydroxylation sites is 1. The number of nitrogens with two attached hydrogens (primary N) is 1. The second-order valence-corrected chi connectivity index (χ2v) is 8.63. The van der Waals surface area contributed by atoms with Crippen molar-refractivity contribution < 1.29 is 18.7 Å². The van der Waals surface area contributed by atoms with Gasteiger partial charge in [-0.3, -0.25) is 9.69 Å². The number of halogens is 1. The Morgan fingerprint density at radius 1 is 0.971 bits per heavy atom. The maximum absolute atomic E-state index is 13.0. The van der Waals surface area contributed by atoms with Crippen molar-refractivity contribution in [2.75, 3.05) is 50.9 Å². The van der Waals surface area contributed by atoms with Crippen molar-refractivity contribution in [3.05, 3.63) is 66.2 Å². The van der Waals surface area contributed by atoms with Crippen LogP contribution in [0.5, 0.6) is 11.5 Å². The predicted octanol–water partition coefficient (Wildman–Crippen LogP) is 2.03. The molecule has 1 saturated heterocycles. The van der Waals surface area contributed by atoms with Gasteiger partial charge in [-0.25, -0.2) is 9.07 Å². The molecule has 0 unspecified atom stereocenters. The summed E-state index contributed by atoms with van der Waals surface area (Å²) in [5.41, 5.74) is 0. The summed E-state index contributed by atoms with van der Waals surface area (Å²) in [6.07, 6.45) is 0. The van der Waals surface area contributed by atoms with Crippen molar-refractivity contribution in [3.8, 4) is 11.5 Å². The van der Waals surface area contributed by atoms with Crippen molar-refractivity contribution >= 4 is 17.7 Å². The molecule has 0 saturated carbocycles. The van der Waals surface area contributed by atoms with Gasteiger partial charge in [-0.15, -0.1) is 10.2 Å². The number of hydrogen-bond donors (Lipinski definition) is 1. The van der Waals surface area contributed by atoms with Crippen LogP contribution in [-0.2, 0) is 11.4 Å². The number of benzene rings is 2. The second-order valence-electron chi connectivity index (χ2n) is 7.68. The van der Waals surface area contributed by atoms with Gasteiger partial charge in [-0.05, 0) is 36.4 Å². The summed E-state index contributed by atoms with van der Waals surface area (Å²) in [6.45, 7) is 4.50. The van der Waals surface area contributed by atoms with E-state index in [-0.39, 0.29) is 24.1 Å². The number of carbonyl (C=O) groups is 1. The highest BCUT2D eigenvalue weighted by molar-refractivity contribution is 7.99. The van der Waals surface area contributed by atoms with Crippen molar-refractivity contribution in [3.63, 3.8) is 0 Å². The van der Waals surface area contributed by atoms with Gasteiger partial charge in [0.15, 0.2) is 5.82 Å². The molecule has 9 nitrogen and oxygen atoms in total. The zero-order chi connectivity index (χ0) is 23.8. The molecule has 1 aliphatic rings. The van der Waals surface area contributed by atoms with Gasteiger partial charge in [0.1, 0.15) is 30.5 Å². The number of ether oxygens (including phenoxy) is 2. The second kappa shape index (κ2) is 11.7.